The van der Waals surface area contributed by atoms with E-state index in [4.69, 9.17) is 0 Å². The van der Waals surface area contributed by atoms with Gasteiger partial charge in [-0.25, -0.2) is 4.39 Å². The normalized spacial score (nSPS) is 14.7. The first-order valence-corrected chi connectivity index (χ1v) is 4.93. The Morgan fingerprint density at radius 2 is 2.20 bits per heavy atom. The quantitative estimate of drug-likeness (QED) is 0.806. The van der Waals surface area contributed by atoms with Crippen LogP contribution in [0.4, 0.5) is 4.39 Å². The summed E-state index contributed by atoms with van der Waals surface area (Å²) in [7, 11) is 0. The molecule has 1 N–H and O–H groups in total. The Bertz CT molecular complexity index is 410. The van der Waals surface area contributed by atoms with Crippen molar-refractivity contribution < 1.29 is 9.18 Å². The number of hydrogen-bond donors (Lipinski definition) is 1. The van der Waals surface area contributed by atoms with Crippen LogP contribution < -0.4 is 5.32 Å². The number of halogens is 1. The summed E-state index contributed by atoms with van der Waals surface area (Å²) >= 11 is 0. The van der Waals surface area contributed by atoms with Crippen LogP contribution in [0.1, 0.15) is 28.8 Å². The summed E-state index contributed by atoms with van der Waals surface area (Å²) in [6, 6.07) is 4.51. The zero-order valence-electron chi connectivity index (χ0n) is 8.29. The van der Waals surface area contributed by atoms with Crippen LogP contribution in [0.5, 0.6) is 0 Å². The predicted octanol–water partition coefficient (Wildman–Crippen LogP) is 2.36. The molecule has 0 aromatic heterocycles. The van der Waals surface area contributed by atoms with Crippen molar-refractivity contribution in [2.45, 2.75) is 18.9 Å². The van der Waals surface area contributed by atoms with E-state index >= 15 is 0 Å². The van der Waals surface area contributed by atoms with Crippen LogP contribution in [-0.2, 0) is 0 Å². The molecule has 1 aromatic rings. The molecule has 0 atom stereocenters. The van der Waals surface area contributed by atoms with E-state index in [1.54, 1.807) is 6.07 Å². The number of amides is 1. The van der Waals surface area contributed by atoms with Crippen LogP contribution >= 0.6 is 0 Å². The van der Waals surface area contributed by atoms with Gasteiger partial charge in [0.05, 0.1) is 0 Å². The van der Waals surface area contributed by atoms with Gasteiger partial charge in [-0.05, 0) is 36.6 Å². The van der Waals surface area contributed by atoms with Crippen molar-refractivity contribution >= 4 is 12.0 Å². The highest BCUT2D eigenvalue weighted by molar-refractivity contribution is 5.95. The lowest BCUT2D eigenvalue weighted by molar-refractivity contribution is 0.0950. The van der Waals surface area contributed by atoms with Crippen molar-refractivity contribution in [3.63, 3.8) is 0 Å². The van der Waals surface area contributed by atoms with Crippen molar-refractivity contribution in [2.24, 2.45) is 0 Å². The van der Waals surface area contributed by atoms with Crippen molar-refractivity contribution in [2.75, 3.05) is 0 Å². The summed E-state index contributed by atoms with van der Waals surface area (Å²) in [5, 5.41) is 2.81. The fourth-order valence-corrected chi connectivity index (χ4v) is 1.36. The fourth-order valence-electron chi connectivity index (χ4n) is 1.36. The molecule has 1 aromatic carbocycles. The van der Waals surface area contributed by atoms with Crippen LogP contribution in [0.3, 0.4) is 0 Å². The van der Waals surface area contributed by atoms with Gasteiger partial charge in [-0.15, -0.1) is 0 Å². The zero-order valence-corrected chi connectivity index (χ0v) is 8.29. The van der Waals surface area contributed by atoms with E-state index in [1.165, 1.54) is 18.2 Å². The average molecular weight is 205 g/mol. The minimum atomic E-state index is -0.409. The Morgan fingerprint density at radius 1 is 1.47 bits per heavy atom. The molecule has 15 heavy (non-hydrogen) atoms. The van der Waals surface area contributed by atoms with E-state index in [2.05, 4.69) is 11.9 Å². The zero-order chi connectivity index (χ0) is 10.8. The largest absolute Gasteiger partial charge is 0.349 e. The summed E-state index contributed by atoms with van der Waals surface area (Å²) < 4.78 is 13.1. The molecule has 0 unspecified atom stereocenters. The molecule has 0 bridgehead atoms. The Balaban J connectivity index is 2.21. The third kappa shape index (κ3) is 2.43. The van der Waals surface area contributed by atoms with Gasteiger partial charge in [0.25, 0.3) is 5.91 Å². The van der Waals surface area contributed by atoms with Gasteiger partial charge >= 0.3 is 0 Å². The molecule has 78 valence electrons. The summed E-state index contributed by atoms with van der Waals surface area (Å²) in [6.07, 6.45) is 3.57. The van der Waals surface area contributed by atoms with Crippen LogP contribution in [0.25, 0.3) is 6.08 Å². The summed E-state index contributed by atoms with van der Waals surface area (Å²) in [5.74, 6) is -0.617. The molecule has 0 saturated heterocycles. The van der Waals surface area contributed by atoms with E-state index in [-0.39, 0.29) is 11.9 Å². The molecule has 1 saturated carbocycles. The van der Waals surface area contributed by atoms with E-state index < -0.39 is 5.82 Å². The number of rotatable bonds is 3. The first-order valence-electron chi connectivity index (χ1n) is 4.93. The Kier molecular flexibility index (Phi) is 2.54. The minimum Gasteiger partial charge on any atom is -0.349 e. The van der Waals surface area contributed by atoms with E-state index in [9.17, 15) is 9.18 Å². The Hall–Kier alpha value is -1.64. The maximum Gasteiger partial charge on any atom is 0.251 e. The van der Waals surface area contributed by atoms with Crippen LogP contribution in [0.2, 0.25) is 0 Å². The standard InChI is InChI=1S/C12H12FNO/c1-2-8-5-9(7-10(13)6-8)12(15)14-11-3-4-11/h2,5-7,11H,1,3-4H2,(H,14,15). The molecule has 1 aliphatic rings. The third-order valence-corrected chi connectivity index (χ3v) is 2.33. The second-order valence-corrected chi connectivity index (χ2v) is 3.73. The predicted molar refractivity (Wildman–Crippen MR) is 57.0 cm³/mol. The molecule has 0 spiro atoms. The van der Waals surface area contributed by atoms with Crippen LogP contribution in [-0.4, -0.2) is 11.9 Å². The lowest BCUT2D eigenvalue weighted by Crippen LogP contribution is -2.25. The molecule has 2 rings (SSSR count). The highest BCUT2D eigenvalue weighted by Gasteiger charge is 2.23. The molecule has 1 amide bonds. The molecule has 1 fully saturated rings. The summed E-state index contributed by atoms with van der Waals surface area (Å²) in [4.78, 5) is 11.6. The lowest BCUT2D eigenvalue weighted by Gasteiger charge is -2.04. The monoisotopic (exact) mass is 205 g/mol. The van der Waals surface area contributed by atoms with Gasteiger partial charge in [0.2, 0.25) is 0 Å². The maximum absolute atomic E-state index is 13.1. The second-order valence-electron chi connectivity index (χ2n) is 3.73. The first-order chi connectivity index (χ1) is 7.19. The molecule has 0 aliphatic heterocycles. The van der Waals surface area contributed by atoms with Gasteiger partial charge < -0.3 is 5.32 Å². The smallest absolute Gasteiger partial charge is 0.251 e. The Morgan fingerprint density at radius 3 is 2.80 bits per heavy atom. The summed E-state index contributed by atoms with van der Waals surface area (Å²) in [6.45, 7) is 3.55. The van der Waals surface area contributed by atoms with E-state index in [1.807, 2.05) is 0 Å². The van der Waals surface area contributed by atoms with Gasteiger partial charge in [0, 0.05) is 11.6 Å². The van der Waals surface area contributed by atoms with E-state index in [0.717, 1.165) is 12.8 Å². The van der Waals surface area contributed by atoms with Gasteiger partial charge in [-0.2, -0.15) is 0 Å². The number of nitrogens with one attached hydrogen (secondary N) is 1. The topological polar surface area (TPSA) is 29.1 Å². The van der Waals surface area contributed by atoms with Crippen LogP contribution in [0.15, 0.2) is 24.8 Å². The SMILES string of the molecule is C=Cc1cc(F)cc(C(=O)NC2CC2)c1. The molecule has 0 heterocycles. The Labute approximate surface area is 87.8 Å². The number of carbonyl (C=O) groups excluding carboxylic acids is 1. The maximum atomic E-state index is 13.1. The van der Waals surface area contributed by atoms with Crippen molar-refractivity contribution in [1.29, 1.82) is 0 Å². The van der Waals surface area contributed by atoms with Crippen molar-refractivity contribution in [3.05, 3.63) is 41.7 Å². The van der Waals surface area contributed by atoms with Gasteiger partial charge in [-0.1, -0.05) is 12.7 Å². The average Bonchev–Trinajstić information content (AvgIpc) is 3.00. The number of hydrogen-bond acceptors (Lipinski definition) is 1. The van der Waals surface area contributed by atoms with Crippen LogP contribution in [0, 0.1) is 5.82 Å². The number of benzene rings is 1. The molecule has 0 radical (unpaired) electrons. The molecule has 1 aliphatic carbocycles. The molecule has 2 nitrogen and oxygen atoms in total. The third-order valence-electron chi connectivity index (χ3n) is 2.33. The fraction of sp³-hybridized carbons (Fsp3) is 0.250. The van der Waals surface area contributed by atoms with E-state index in [0.29, 0.717) is 11.1 Å². The summed E-state index contributed by atoms with van der Waals surface area (Å²) in [5.41, 5.74) is 0.979. The van der Waals surface area contributed by atoms with Crippen molar-refractivity contribution in [3.8, 4) is 0 Å². The second kappa shape index (κ2) is 3.85. The first kappa shape index (κ1) is 9.90. The highest BCUT2D eigenvalue weighted by Crippen LogP contribution is 2.19. The molecular formula is C12H12FNO. The molecular weight excluding hydrogens is 193 g/mol. The van der Waals surface area contributed by atoms with Gasteiger partial charge in [0.15, 0.2) is 0 Å². The lowest BCUT2D eigenvalue weighted by atomic mass is 10.1. The van der Waals surface area contributed by atoms with Gasteiger partial charge in [0.1, 0.15) is 5.82 Å². The minimum absolute atomic E-state index is 0.208. The highest BCUT2D eigenvalue weighted by atomic mass is 19.1. The molecule has 3 heteroatoms. The van der Waals surface area contributed by atoms with Crippen molar-refractivity contribution in [1.82, 2.24) is 5.32 Å². The number of carbonyl (C=O) groups is 1. The van der Waals surface area contributed by atoms with Gasteiger partial charge in [-0.3, -0.25) is 4.79 Å².